The number of anilines is 1. The first-order chi connectivity index (χ1) is 10.7. The normalized spacial score (nSPS) is 10.7. The monoisotopic (exact) mass is 317 g/mol. The third-order valence-corrected chi connectivity index (χ3v) is 3.81. The zero-order chi connectivity index (χ0) is 15.8. The van der Waals surface area contributed by atoms with E-state index in [0.29, 0.717) is 5.28 Å². The standard InChI is InChI=1S/C18H24ClN3/c1-3-5-12-22(13-6-4-2)17-14-16(20-18(19)21-17)15-10-8-7-9-11-15/h7-11,14H,3-6,12-13H2,1-2H3. The molecule has 0 fully saturated rings. The lowest BCUT2D eigenvalue weighted by Crippen LogP contribution is -2.26. The van der Waals surface area contributed by atoms with Crippen molar-refractivity contribution in [3.05, 3.63) is 41.7 Å². The lowest BCUT2D eigenvalue weighted by atomic mass is 10.1. The fourth-order valence-corrected chi connectivity index (χ4v) is 2.54. The molecule has 0 amide bonds. The molecule has 0 saturated heterocycles. The molecule has 118 valence electrons. The Morgan fingerprint density at radius 2 is 1.59 bits per heavy atom. The number of hydrogen-bond donors (Lipinski definition) is 0. The average Bonchev–Trinajstić information content (AvgIpc) is 2.55. The Bertz CT molecular complexity index is 564. The number of unbranched alkanes of at least 4 members (excludes halogenated alkanes) is 2. The van der Waals surface area contributed by atoms with E-state index in [0.717, 1.165) is 43.0 Å². The van der Waals surface area contributed by atoms with Gasteiger partial charge in [0, 0.05) is 24.7 Å². The van der Waals surface area contributed by atoms with Crippen molar-refractivity contribution in [3.8, 4) is 11.3 Å². The van der Waals surface area contributed by atoms with E-state index in [-0.39, 0.29) is 0 Å². The summed E-state index contributed by atoms with van der Waals surface area (Å²) in [5.41, 5.74) is 1.95. The van der Waals surface area contributed by atoms with E-state index in [1.165, 1.54) is 12.8 Å². The van der Waals surface area contributed by atoms with Gasteiger partial charge in [-0.2, -0.15) is 0 Å². The predicted octanol–water partition coefficient (Wildman–Crippen LogP) is 5.20. The highest BCUT2D eigenvalue weighted by atomic mass is 35.5. The third kappa shape index (κ3) is 4.70. The van der Waals surface area contributed by atoms with Crippen LogP contribution >= 0.6 is 11.6 Å². The van der Waals surface area contributed by atoms with Crippen molar-refractivity contribution in [1.29, 1.82) is 0 Å². The van der Waals surface area contributed by atoms with E-state index in [1.54, 1.807) is 0 Å². The molecule has 0 aliphatic rings. The Labute approximate surface area is 138 Å². The van der Waals surface area contributed by atoms with Gasteiger partial charge in [0.25, 0.3) is 0 Å². The fourth-order valence-electron chi connectivity index (χ4n) is 2.36. The van der Waals surface area contributed by atoms with Crippen molar-refractivity contribution in [2.24, 2.45) is 0 Å². The van der Waals surface area contributed by atoms with Crippen molar-refractivity contribution in [1.82, 2.24) is 9.97 Å². The first-order valence-electron chi connectivity index (χ1n) is 8.09. The Hall–Kier alpha value is -1.61. The summed E-state index contributed by atoms with van der Waals surface area (Å²) >= 11 is 6.16. The molecule has 1 heterocycles. The van der Waals surface area contributed by atoms with Gasteiger partial charge in [0.1, 0.15) is 5.82 Å². The molecule has 2 aromatic rings. The molecule has 0 aliphatic carbocycles. The fraction of sp³-hybridized carbons (Fsp3) is 0.444. The summed E-state index contributed by atoms with van der Waals surface area (Å²) < 4.78 is 0. The van der Waals surface area contributed by atoms with Gasteiger partial charge in [0.15, 0.2) is 0 Å². The van der Waals surface area contributed by atoms with Crippen LogP contribution in [0.3, 0.4) is 0 Å². The van der Waals surface area contributed by atoms with Crippen LogP contribution in [0.2, 0.25) is 5.28 Å². The van der Waals surface area contributed by atoms with E-state index in [9.17, 15) is 0 Å². The molecule has 0 aliphatic heterocycles. The second-order valence-electron chi connectivity index (χ2n) is 5.44. The van der Waals surface area contributed by atoms with Crippen LogP contribution in [0.1, 0.15) is 39.5 Å². The van der Waals surface area contributed by atoms with Crippen LogP contribution in [0.15, 0.2) is 36.4 Å². The van der Waals surface area contributed by atoms with Crippen LogP contribution in [0, 0.1) is 0 Å². The van der Waals surface area contributed by atoms with Gasteiger partial charge >= 0.3 is 0 Å². The Morgan fingerprint density at radius 1 is 0.955 bits per heavy atom. The lowest BCUT2D eigenvalue weighted by molar-refractivity contribution is 0.670. The van der Waals surface area contributed by atoms with E-state index >= 15 is 0 Å². The molecule has 0 N–H and O–H groups in total. The van der Waals surface area contributed by atoms with Gasteiger partial charge < -0.3 is 4.90 Å². The Kier molecular flexibility index (Phi) is 6.66. The van der Waals surface area contributed by atoms with Crippen molar-refractivity contribution in [2.75, 3.05) is 18.0 Å². The Morgan fingerprint density at radius 3 is 2.18 bits per heavy atom. The zero-order valence-electron chi connectivity index (χ0n) is 13.4. The highest BCUT2D eigenvalue weighted by molar-refractivity contribution is 6.28. The quantitative estimate of drug-likeness (QED) is 0.626. The lowest BCUT2D eigenvalue weighted by Gasteiger charge is -2.24. The molecule has 1 aromatic heterocycles. The minimum Gasteiger partial charge on any atom is -0.356 e. The van der Waals surface area contributed by atoms with Gasteiger partial charge in [0.2, 0.25) is 5.28 Å². The minimum atomic E-state index is 0.314. The van der Waals surface area contributed by atoms with E-state index in [1.807, 2.05) is 36.4 Å². The summed E-state index contributed by atoms with van der Waals surface area (Å²) in [6.07, 6.45) is 4.66. The van der Waals surface area contributed by atoms with Crippen LogP contribution in [-0.2, 0) is 0 Å². The maximum absolute atomic E-state index is 6.16. The molecular weight excluding hydrogens is 294 g/mol. The number of halogens is 1. The summed E-state index contributed by atoms with van der Waals surface area (Å²) in [7, 11) is 0. The number of aromatic nitrogens is 2. The molecule has 1 aromatic carbocycles. The van der Waals surface area contributed by atoms with Gasteiger partial charge in [-0.25, -0.2) is 9.97 Å². The first kappa shape index (κ1) is 16.8. The van der Waals surface area contributed by atoms with Gasteiger partial charge in [-0.1, -0.05) is 57.0 Å². The molecule has 3 nitrogen and oxygen atoms in total. The minimum absolute atomic E-state index is 0.314. The smallest absolute Gasteiger partial charge is 0.224 e. The van der Waals surface area contributed by atoms with Gasteiger partial charge in [-0.3, -0.25) is 0 Å². The molecule has 22 heavy (non-hydrogen) atoms. The second kappa shape index (κ2) is 8.74. The van der Waals surface area contributed by atoms with Gasteiger partial charge in [0.05, 0.1) is 5.69 Å². The number of hydrogen-bond acceptors (Lipinski definition) is 3. The van der Waals surface area contributed by atoms with Crippen LogP contribution in [0.25, 0.3) is 11.3 Å². The molecular formula is C18H24ClN3. The van der Waals surface area contributed by atoms with E-state index in [2.05, 4.69) is 28.7 Å². The Balaban J connectivity index is 2.29. The SMILES string of the molecule is CCCCN(CCCC)c1cc(-c2ccccc2)nc(Cl)n1. The number of nitrogens with zero attached hydrogens (tertiary/aromatic N) is 3. The van der Waals surface area contributed by atoms with Crippen molar-refractivity contribution in [3.63, 3.8) is 0 Å². The maximum atomic E-state index is 6.16. The topological polar surface area (TPSA) is 29.0 Å². The molecule has 0 unspecified atom stereocenters. The largest absolute Gasteiger partial charge is 0.356 e. The average molecular weight is 318 g/mol. The molecule has 2 rings (SSSR count). The van der Waals surface area contributed by atoms with Crippen LogP contribution in [0.5, 0.6) is 0 Å². The molecule has 0 spiro atoms. The summed E-state index contributed by atoms with van der Waals surface area (Å²) in [6, 6.07) is 12.2. The summed E-state index contributed by atoms with van der Waals surface area (Å²) in [5, 5.41) is 0.314. The van der Waals surface area contributed by atoms with Gasteiger partial charge in [-0.05, 0) is 24.4 Å². The summed E-state index contributed by atoms with van der Waals surface area (Å²) in [6.45, 7) is 6.44. The van der Waals surface area contributed by atoms with Crippen molar-refractivity contribution < 1.29 is 0 Å². The molecule has 0 saturated carbocycles. The van der Waals surface area contributed by atoms with Crippen molar-refractivity contribution >= 4 is 17.4 Å². The van der Waals surface area contributed by atoms with E-state index < -0.39 is 0 Å². The maximum Gasteiger partial charge on any atom is 0.224 e. The zero-order valence-corrected chi connectivity index (χ0v) is 14.2. The third-order valence-electron chi connectivity index (χ3n) is 3.64. The number of rotatable bonds is 8. The molecule has 4 heteroatoms. The predicted molar refractivity (Wildman–Crippen MR) is 94.5 cm³/mol. The number of benzene rings is 1. The first-order valence-corrected chi connectivity index (χ1v) is 8.47. The molecule has 0 bridgehead atoms. The van der Waals surface area contributed by atoms with Crippen LogP contribution in [0.4, 0.5) is 5.82 Å². The van der Waals surface area contributed by atoms with Gasteiger partial charge in [-0.15, -0.1) is 0 Å². The van der Waals surface area contributed by atoms with Crippen LogP contribution in [-0.4, -0.2) is 23.1 Å². The van der Waals surface area contributed by atoms with Crippen molar-refractivity contribution in [2.45, 2.75) is 39.5 Å². The van der Waals surface area contributed by atoms with E-state index in [4.69, 9.17) is 11.6 Å². The molecule has 0 radical (unpaired) electrons. The highest BCUT2D eigenvalue weighted by Crippen LogP contribution is 2.24. The van der Waals surface area contributed by atoms with Crippen LogP contribution < -0.4 is 4.90 Å². The highest BCUT2D eigenvalue weighted by Gasteiger charge is 2.11. The molecule has 0 atom stereocenters. The second-order valence-corrected chi connectivity index (χ2v) is 5.78. The summed E-state index contributed by atoms with van der Waals surface area (Å²) in [5.74, 6) is 0.931. The summed E-state index contributed by atoms with van der Waals surface area (Å²) in [4.78, 5) is 11.1.